The summed E-state index contributed by atoms with van der Waals surface area (Å²) in [6, 6.07) is 0.404. The van der Waals surface area contributed by atoms with E-state index in [9.17, 15) is 4.79 Å². The predicted molar refractivity (Wildman–Crippen MR) is 64.3 cm³/mol. The summed E-state index contributed by atoms with van der Waals surface area (Å²) in [5.74, 6) is 0.796. The maximum atomic E-state index is 11.6. The van der Waals surface area contributed by atoms with Gasteiger partial charge in [-0.25, -0.2) is 0 Å². The number of carbonyl (C=O) groups is 1. The van der Waals surface area contributed by atoms with Gasteiger partial charge in [-0.05, 0) is 18.8 Å². The van der Waals surface area contributed by atoms with Crippen LogP contribution in [0.4, 0.5) is 0 Å². The average molecular weight is 228 g/mol. The molecule has 2 N–H and O–H groups in total. The van der Waals surface area contributed by atoms with Crippen LogP contribution < -0.4 is 10.6 Å². The van der Waals surface area contributed by atoms with Gasteiger partial charge >= 0.3 is 0 Å². The summed E-state index contributed by atoms with van der Waals surface area (Å²) in [6.07, 6.45) is 4.82. The van der Waals surface area contributed by atoms with Crippen molar-refractivity contribution >= 4 is 5.91 Å². The third-order valence-electron chi connectivity index (χ3n) is 3.30. The van der Waals surface area contributed by atoms with Crippen LogP contribution in [0, 0.1) is 5.92 Å². The topological polar surface area (TPSA) is 50.4 Å². The van der Waals surface area contributed by atoms with Crippen LogP contribution in [0.25, 0.3) is 0 Å². The van der Waals surface area contributed by atoms with E-state index in [0.717, 1.165) is 13.0 Å². The Bertz CT molecular complexity index is 209. The highest BCUT2D eigenvalue weighted by Gasteiger charge is 2.26. The van der Waals surface area contributed by atoms with Crippen LogP contribution in [0.15, 0.2) is 0 Å². The Labute approximate surface area is 98.1 Å². The molecule has 1 saturated carbocycles. The summed E-state index contributed by atoms with van der Waals surface area (Å²) in [6.45, 7) is 3.97. The number of rotatable bonds is 7. The van der Waals surface area contributed by atoms with E-state index in [2.05, 4.69) is 17.6 Å². The Morgan fingerprint density at radius 1 is 1.44 bits per heavy atom. The smallest absolute Gasteiger partial charge is 0.234 e. The van der Waals surface area contributed by atoms with Crippen LogP contribution in [0.3, 0.4) is 0 Å². The van der Waals surface area contributed by atoms with E-state index >= 15 is 0 Å². The van der Waals surface area contributed by atoms with Gasteiger partial charge in [0.05, 0.1) is 13.2 Å². The standard InChI is InChI=1S/C12H24N2O2/c1-3-10-5-4-6-11(10)14-12(15)9-13-7-8-16-2/h10-11,13H,3-9H2,1-2H3,(H,14,15). The van der Waals surface area contributed by atoms with Gasteiger partial charge in [0.2, 0.25) is 5.91 Å². The Morgan fingerprint density at radius 3 is 2.94 bits per heavy atom. The van der Waals surface area contributed by atoms with Crippen molar-refractivity contribution in [1.82, 2.24) is 10.6 Å². The lowest BCUT2D eigenvalue weighted by atomic mass is 10.0. The second kappa shape index (κ2) is 7.63. The SMILES string of the molecule is CCC1CCCC1NC(=O)CNCCOC. The minimum Gasteiger partial charge on any atom is -0.383 e. The van der Waals surface area contributed by atoms with E-state index in [-0.39, 0.29) is 5.91 Å². The summed E-state index contributed by atoms with van der Waals surface area (Å²) in [7, 11) is 1.66. The molecule has 0 aromatic carbocycles. The molecule has 1 amide bonds. The second-order valence-corrected chi connectivity index (χ2v) is 4.44. The zero-order valence-electron chi connectivity index (χ0n) is 10.4. The monoisotopic (exact) mass is 228 g/mol. The van der Waals surface area contributed by atoms with Gasteiger partial charge in [0, 0.05) is 19.7 Å². The molecule has 16 heavy (non-hydrogen) atoms. The number of methoxy groups -OCH3 is 1. The van der Waals surface area contributed by atoms with Crippen molar-refractivity contribution in [2.75, 3.05) is 26.8 Å². The number of carbonyl (C=O) groups excluding carboxylic acids is 1. The summed E-state index contributed by atoms with van der Waals surface area (Å²) >= 11 is 0. The fourth-order valence-corrected chi connectivity index (χ4v) is 2.35. The molecule has 2 atom stereocenters. The van der Waals surface area contributed by atoms with E-state index in [1.165, 1.54) is 19.3 Å². The molecule has 0 saturated heterocycles. The normalized spacial score (nSPS) is 24.6. The van der Waals surface area contributed by atoms with Gasteiger partial charge in [-0.15, -0.1) is 0 Å². The van der Waals surface area contributed by atoms with Crippen LogP contribution in [-0.4, -0.2) is 38.8 Å². The van der Waals surface area contributed by atoms with E-state index in [0.29, 0.717) is 25.1 Å². The summed E-state index contributed by atoms with van der Waals surface area (Å²) < 4.78 is 4.90. The van der Waals surface area contributed by atoms with Crippen LogP contribution in [0.5, 0.6) is 0 Å². The van der Waals surface area contributed by atoms with Gasteiger partial charge < -0.3 is 15.4 Å². The van der Waals surface area contributed by atoms with Crippen LogP contribution in [0.2, 0.25) is 0 Å². The number of ether oxygens (including phenoxy) is 1. The molecule has 0 heterocycles. The van der Waals surface area contributed by atoms with E-state index < -0.39 is 0 Å². The first kappa shape index (κ1) is 13.5. The van der Waals surface area contributed by atoms with Gasteiger partial charge in [0.15, 0.2) is 0 Å². The number of amides is 1. The number of hydrogen-bond donors (Lipinski definition) is 2. The molecule has 1 aliphatic carbocycles. The average Bonchev–Trinajstić information content (AvgIpc) is 2.71. The van der Waals surface area contributed by atoms with Crippen molar-refractivity contribution in [3.05, 3.63) is 0 Å². The summed E-state index contributed by atoms with van der Waals surface area (Å²) in [5, 5.41) is 6.17. The van der Waals surface area contributed by atoms with E-state index in [1.807, 2.05) is 0 Å². The highest BCUT2D eigenvalue weighted by molar-refractivity contribution is 5.78. The molecular formula is C12H24N2O2. The quantitative estimate of drug-likeness (QED) is 0.637. The molecule has 94 valence electrons. The lowest BCUT2D eigenvalue weighted by Gasteiger charge is -2.19. The van der Waals surface area contributed by atoms with Gasteiger partial charge in [0.1, 0.15) is 0 Å². The maximum absolute atomic E-state index is 11.6. The molecule has 0 bridgehead atoms. The van der Waals surface area contributed by atoms with Crippen LogP contribution >= 0.6 is 0 Å². The first-order valence-corrected chi connectivity index (χ1v) is 6.27. The van der Waals surface area contributed by atoms with Crippen molar-refractivity contribution in [1.29, 1.82) is 0 Å². The maximum Gasteiger partial charge on any atom is 0.234 e. The molecular weight excluding hydrogens is 204 g/mol. The molecule has 0 radical (unpaired) electrons. The number of nitrogens with one attached hydrogen (secondary N) is 2. The zero-order chi connectivity index (χ0) is 11.8. The third-order valence-corrected chi connectivity index (χ3v) is 3.30. The van der Waals surface area contributed by atoms with Gasteiger partial charge in [-0.1, -0.05) is 19.8 Å². The van der Waals surface area contributed by atoms with E-state index in [1.54, 1.807) is 7.11 Å². The van der Waals surface area contributed by atoms with Crippen molar-refractivity contribution in [2.24, 2.45) is 5.92 Å². The Morgan fingerprint density at radius 2 is 2.25 bits per heavy atom. The molecule has 0 aromatic rings. The molecule has 4 heteroatoms. The largest absolute Gasteiger partial charge is 0.383 e. The highest BCUT2D eigenvalue weighted by atomic mass is 16.5. The lowest BCUT2D eigenvalue weighted by molar-refractivity contribution is -0.121. The first-order valence-electron chi connectivity index (χ1n) is 6.27. The van der Waals surface area contributed by atoms with Crippen LogP contribution in [0.1, 0.15) is 32.6 Å². The molecule has 0 aromatic heterocycles. The van der Waals surface area contributed by atoms with Crippen LogP contribution in [-0.2, 0) is 9.53 Å². The second-order valence-electron chi connectivity index (χ2n) is 4.44. The first-order chi connectivity index (χ1) is 7.77. The van der Waals surface area contributed by atoms with Gasteiger partial charge in [0.25, 0.3) is 0 Å². The van der Waals surface area contributed by atoms with E-state index in [4.69, 9.17) is 4.74 Å². The molecule has 4 nitrogen and oxygen atoms in total. The molecule has 0 aliphatic heterocycles. The minimum atomic E-state index is 0.112. The fourth-order valence-electron chi connectivity index (χ4n) is 2.35. The fraction of sp³-hybridized carbons (Fsp3) is 0.917. The third kappa shape index (κ3) is 4.49. The van der Waals surface area contributed by atoms with Crippen molar-refractivity contribution in [3.8, 4) is 0 Å². The van der Waals surface area contributed by atoms with Gasteiger partial charge in [-0.3, -0.25) is 4.79 Å². The number of hydrogen-bond acceptors (Lipinski definition) is 3. The molecule has 1 aliphatic rings. The highest BCUT2D eigenvalue weighted by Crippen LogP contribution is 2.27. The van der Waals surface area contributed by atoms with Crippen molar-refractivity contribution in [2.45, 2.75) is 38.6 Å². The predicted octanol–water partition coefficient (Wildman–Crippen LogP) is 0.917. The molecule has 1 fully saturated rings. The minimum absolute atomic E-state index is 0.112. The molecule has 0 spiro atoms. The summed E-state index contributed by atoms with van der Waals surface area (Å²) in [5.41, 5.74) is 0. The Kier molecular flexibility index (Phi) is 6.42. The molecule has 1 rings (SSSR count). The molecule has 2 unspecified atom stereocenters. The van der Waals surface area contributed by atoms with Crippen molar-refractivity contribution < 1.29 is 9.53 Å². The van der Waals surface area contributed by atoms with Crippen molar-refractivity contribution in [3.63, 3.8) is 0 Å². The van der Waals surface area contributed by atoms with Gasteiger partial charge in [-0.2, -0.15) is 0 Å². The Hall–Kier alpha value is -0.610. The zero-order valence-corrected chi connectivity index (χ0v) is 10.4. The lowest BCUT2D eigenvalue weighted by Crippen LogP contribution is -2.42. The summed E-state index contributed by atoms with van der Waals surface area (Å²) in [4.78, 5) is 11.6. The Balaban J connectivity index is 2.13.